The van der Waals surface area contributed by atoms with E-state index in [9.17, 15) is 0 Å². The van der Waals surface area contributed by atoms with Gasteiger partial charge in [0, 0.05) is 75.5 Å². The average Bonchev–Trinajstić information content (AvgIpc) is 3.47. The largest absolute Gasteiger partial charge is 0.494 e. The van der Waals surface area contributed by atoms with E-state index in [4.69, 9.17) is 18.9 Å². The van der Waals surface area contributed by atoms with Crippen LogP contribution in [0.25, 0.3) is 33.4 Å². The number of ether oxygens (including phenoxy) is 4. The van der Waals surface area contributed by atoms with Crippen molar-refractivity contribution in [3.8, 4) is 56.4 Å². The molecule has 10 rings (SSSR count). The molecular formula is C70H65N3O4. The van der Waals surface area contributed by atoms with Crippen molar-refractivity contribution in [1.82, 2.24) is 0 Å². The topological polar surface area (TPSA) is 46.6 Å². The summed E-state index contributed by atoms with van der Waals surface area (Å²) in [4.78, 5) is 6.84. The number of anilines is 9. The number of benzene rings is 10. The van der Waals surface area contributed by atoms with E-state index in [2.05, 4.69) is 229 Å². The summed E-state index contributed by atoms with van der Waals surface area (Å²) in [6.45, 7) is 14.7. The van der Waals surface area contributed by atoms with Gasteiger partial charge in [0.25, 0.3) is 0 Å². The number of hydrogen-bond donors (Lipinski definition) is 0. The van der Waals surface area contributed by atoms with Gasteiger partial charge in [-0.3, -0.25) is 0 Å². The molecule has 0 aromatic heterocycles. The van der Waals surface area contributed by atoms with E-state index >= 15 is 0 Å². The number of nitrogens with zero attached hydrogens (tertiary/aromatic N) is 3. The zero-order chi connectivity index (χ0) is 53.1. The van der Waals surface area contributed by atoms with Crippen molar-refractivity contribution in [2.24, 2.45) is 0 Å². The maximum Gasteiger partial charge on any atom is 0.121 e. The molecule has 7 nitrogen and oxygen atoms in total. The molecule has 10 aromatic carbocycles. The SMILES string of the molecule is CCOc1cccc(N(c2ccc(-c3cc(-c4ccc(N(c5cccc(C)c5)c5cccc(OCC)c5)cc4)cc(-c4ccc(N(c5cccc(OCC)c5)c5cccc(OCC)c5)cc4)c3)cc2)c2cccc(C)c2)c1. The normalized spacial score (nSPS) is 10.9. The molecule has 10 aromatic rings. The Labute approximate surface area is 454 Å². The van der Waals surface area contributed by atoms with Crippen LogP contribution in [0.4, 0.5) is 51.2 Å². The van der Waals surface area contributed by atoms with Gasteiger partial charge in [0.2, 0.25) is 0 Å². The molecule has 0 N–H and O–H groups in total. The Hall–Kier alpha value is -9.20. The first-order valence-corrected chi connectivity index (χ1v) is 26.7. The molecule has 0 aliphatic carbocycles. The molecule has 0 heterocycles. The van der Waals surface area contributed by atoms with Gasteiger partial charge in [-0.05, 0) is 213 Å². The summed E-state index contributed by atoms with van der Waals surface area (Å²) in [7, 11) is 0. The molecule has 77 heavy (non-hydrogen) atoms. The van der Waals surface area contributed by atoms with Crippen LogP contribution in [0.15, 0.2) is 237 Å². The Bertz CT molecular complexity index is 3360. The molecule has 0 radical (unpaired) electrons. The van der Waals surface area contributed by atoms with Crippen molar-refractivity contribution >= 4 is 51.2 Å². The monoisotopic (exact) mass is 1010 g/mol. The summed E-state index contributed by atoms with van der Waals surface area (Å²) in [5.74, 6) is 3.30. The van der Waals surface area contributed by atoms with Crippen molar-refractivity contribution in [2.45, 2.75) is 41.5 Å². The fraction of sp³-hybridized carbons (Fsp3) is 0.143. The summed E-state index contributed by atoms with van der Waals surface area (Å²) in [5, 5.41) is 0. The second kappa shape index (κ2) is 24.0. The maximum absolute atomic E-state index is 5.99. The highest BCUT2D eigenvalue weighted by molar-refractivity contribution is 5.86. The van der Waals surface area contributed by atoms with E-state index in [-0.39, 0.29) is 0 Å². The minimum atomic E-state index is 0.581. The Morgan fingerprint density at radius 2 is 0.468 bits per heavy atom. The zero-order valence-corrected chi connectivity index (χ0v) is 44.8. The van der Waals surface area contributed by atoms with E-state index in [1.165, 1.54) is 11.1 Å². The van der Waals surface area contributed by atoms with Crippen molar-refractivity contribution in [3.63, 3.8) is 0 Å². The van der Waals surface area contributed by atoms with Gasteiger partial charge in [0.05, 0.1) is 26.4 Å². The molecule has 0 spiro atoms. The van der Waals surface area contributed by atoms with Crippen molar-refractivity contribution < 1.29 is 18.9 Å². The first-order valence-electron chi connectivity index (χ1n) is 26.7. The second-order valence-electron chi connectivity index (χ2n) is 18.8. The summed E-state index contributed by atoms with van der Waals surface area (Å²) in [6.07, 6.45) is 0. The molecule has 384 valence electrons. The molecule has 0 saturated carbocycles. The van der Waals surface area contributed by atoms with Crippen LogP contribution in [0, 0.1) is 13.8 Å². The highest BCUT2D eigenvalue weighted by Crippen LogP contribution is 2.43. The average molecular weight is 1010 g/mol. The molecule has 0 fully saturated rings. The van der Waals surface area contributed by atoms with Crippen LogP contribution in [0.1, 0.15) is 38.8 Å². The number of rotatable bonds is 20. The predicted octanol–water partition coefficient (Wildman–Crippen LogP) is 19.3. The fourth-order valence-corrected chi connectivity index (χ4v) is 9.93. The lowest BCUT2D eigenvalue weighted by Crippen LogP contribution is -2.10. The van der Waals surface area contributed by atoms with Crippen molar-refractivity contribution in [3.05, 3.63) is 248 Å². The molecule has 0 aliphatic heterocycles. The summed E-state index contributed by atoms with van der Waals surface area (Å²) < 4.78 is 23.9. The lowest BCUT2D eigenvalue weighted by Gasteiger charge is -2.27. The van der Waals surface area contributed by atoms with E-state index in [1.807, 2.05) is 64.1 Å². The van der Waals surface area contributed by atoms with Crippen molar-refractivity contribution in [2.75, 3.05) is 41.1 Å². The van der Waals surface area contributed by atoms with Gasteiger partial charge >= 0.3 is 0 Å². The van der Waals surface area contributed by atoms with E-state index < -0.39 is 0 Å². The van der Waals surface area contributed by atoms with Crippen LogP contribution in [-0.2, 0) is 0 Å². The number of hydrogen-bond acceptors (Lipinski definition) is 7. The first-order chi connectivity index (χ1) is 37.8. The van der Waals surface area contributed by atoms with Crippen LogP contribution in [-0.4, -0.2) is 26.4 Å². The molecular weight excluding hydrogens is 947 g/mol. The van der Waals surface area contributed by atoms with Gasteiger partial charge in [-0.25, -0.2) is 0 Å². The van der Waals surface area contributed by atoms with Crippen LogP contribution in [0.3, 0.4) is 0 Å². The highest BCUT2D eigenvalue weighted by Gasteiger charge is 2.19. The molecule has 0 atom stereocenters. The van der Waals surface area contributed by atoms with Crippen LogP contribution in [0.2, 0.25) is 0 Å². The molecule has 0 bridgehead atoms. The Morgan fingerprint density at radius 3 is 0.701 bits per heavy atom. The summed E-state index contributed by atoms with van der Waals surface area (Å²) in [6, 6.07) is 84.0. The Balaban J connectivity index is 1.07. The van der Waals surface area contributed by atoms with E-state index in [0.717, 1.165) is 108 Å². The number of aryl methyl sites for hydroxylation is 2. The first kappa shape index (κ1) is 51.3. The Morgan fingerprint density at radius 1 is 0.234 bits per heavy atom. The molecule has 7 heteroatoms. The quantitative estimate of drug-likeness (QED) is 0.0754. The molecule has 0 saturated heterocycles. The lowest BCUT2D eigenvalue weighted by atomic mass is 9.93. The van der Waals surface area contributed by atoms with E-state index in [0.29, 0.717) is 26.4 Å². The minimum Gasteiger partial charge on any atom is -0.494 e. The predicted molar refractivity (Wildman–Crippen MR) is 321 cm³/mol. The third kappa shape index (κ3) is 12.0. The third-order valence-corrected chi connectivity index (χ3v) is 13.4. The lowest BCUT2D eigenvalue weighted by molar-refractivity contribution is 0.340. The van der Waals surface area contributed by atoms with Gasteiger partial charge in [0.15, 0.2) is 0 Å². The van der Waals surface area contributed by atoms with E-state index in [1.54, 1.807) is 0 Å². The van der Waals surface area contributed by atoms with Gasteiger partial charge < -0.3 is 33.6 Å². The van der Waals surface area contributed by atoms with Gasteiger partial charge in [0.1, 0.15) is 23.0 Å². The van der Waals surface area contributed by atoms with Gasteiger partial charge in [-0.15, -0.1) is 0 Å². The smallest absolute Gasteiger partial charge is 0.121 e. The summed E-state index contributed by atoms with van der Waals surface area (Å²) >= 11 is 0. The van der Waals surface area contributed by atoms with Gasteiger partial charge in [-0.1, -0.05) is 84.9 Å². The van der Waals surface area contributed by atoms with Crippen LogP contribution < -0.4 is 33.6 Å². The third-order valence-electron chi connectivity index (χ3n) is 13.4. The second-order valence-corrected chi connectivity index (χ2v) is 18.8. The molecule has 0 aliphatic rings. The van der Waals surface area contributed by atoms with Crippen molar-refractivity contribution in [1.29, 1.82) is 0 Å². The van der Waals surface area contributed by atoms with Crippen LogP contribution in [0.5, 0.6) is 23.0 Å². The molecule has 0 unspecified atom stereocenters. The Kier molecular flexibility index (Phi) is 16.0. The maximum atomic E-state index is 5.99. The van der Waals surface area contributed by atoms with Gasteiger partial charge in [-0.2, -0.15) is 0 Å². The zero-order valence-electron chi connectivity index (χ0n) is 44.8. The fourth-order valence-electron chi connectivity index (χ4n) is 9.93. The summed E-state index contributed by atoms with van der Waals surface area (Å²) in [5.41, 5.74) is 18.3. The van der Waals surface area contributed by atoms with Crippen LogP contribution >= 0.6 is 0 Å². The minimum absolute atomic E-state index is 0.581. The highest BCUT2D eigenvalue weighted by atomic mass is 16.5. The standard InChI is InChI=1S/C70H65N3O4/c1-7-74-67-25-13-21-63(46-67)71(61-19-11-17-50(5)41-61)58-35-29-52(30-36-58)55-43-56(53-31-37-59(38-32-53)72(62-20-12-18-51(6)42-62)64-22-14-26-68(47-64)75-8-2)45-57(44-55)54-33-39-60(40-34-54)73(65-23-15-27-69(48-65)76-9-3)66-24-16-28-70(49-66)77-10-4/h11-49H,7-10H2,1-6H3. The molecule has 0 amide bonds.